The minimum atomic E-state index is -0.739. The van der Waals surface area contributed by atoms with E-state index in [1.165, 1.54) is 24.3 Å². The van der Waals surface area contributed by atoms with Gasteiger partial charge in [0.05, 0.1) is 16.3 Å². The number of anilines is 1. The number of nitrogens with one attached hydrogen (secondary N) is 1. The number of nitro groups is 1. The van der Waals surface area contributed by atoms with Gasteiger partial charge < -0.3 is 4.42 Å². The maximum atomic E-state index is 13.1. The molecule has 0 aliphatic rings. The van der Waals surface area contributed by atoms with Gasteiger partial charge in [-0.05, 0) is 24.3 Å². The van der Waals surface area contributed by atoms with E-state index in [-0.39, 0.29) is 10.9 Å². The highest BCUT2D eigenvalue weighted by Gasteiger charge is 2.18. The average Bonchev–Trinajstić information content (AvgIpc) is 3.03. The number of amides is 1. The summed E-state index contributed by atoms with van der Waals surface area (Å²) >= 11 is 1.09. The molecule has 0 saturated heterocycles. The first-order valence-electron chi connectivity index (χ1n) is 5.64. The molecular weight excluding hydrogens is 301 g/mol. The predicted octanol–water partition coefficient (Wildman–Crippen LogP) is 3.19. The summed E-state index contributed by atoms with van der Waals surface area (Å²) in [6.45, 7) is 0. The van der Waals surface area contributed by atoms with E-state index in [1.54, 1.807) is 0 Å². The Hall–Kier alpha value is -2.81. The molecule has 1 N–H and O–H groups in total. The number of carbonyl (C=O) groups excluding carboxylic acids is 1. The van der Waals surface area contributed by atoms with Crippen LogP contribution < -0.4 is 5.32 Å². The monoisotopic (exact) mass is 307 g/mol. The Balaban J connectivity index is 1.83. The van der Waals surface area contributed by atoms with Crippen molar-refractivity contribution in [2.45, 2.75) is 0 Å². The summed E-state index contributed by atoms with van der Waals surface area (Å²) in [6, 6.07) is 6.35. The average molecular weight is 307 g/mol. The van der Waals surface area contributed by atoms with Gasteiger partial charge in [-0.1, -0.05) is 11.3 Å². The molecule has 0 saturated carbocycles. The highest BCUT2D eigenvalue weighted by molar-refractivity contribution is 7.22. The fourth-order valence-electron chi connectivity index (χ4n) is 1.66. The quantitative estimate of drug-likeness (QED) is 0.592. The number of fused-ring (bicyclic) bond motifs is 1. The van der Waals surface area contributed by atoms with Gasteiger partial charge in [0, 0.05) is 0 Å². The third kappa shape index (κ3) is 2.58. The van der Waals surface area contributed by atoms with Crippen LogP contribution in [0, 0.1) is 15.9 Å². The summed E-state index contributed by atoms with van der Waals surface area (Å²) in [5.74, 6) is -1.79. The first-order valence-corrected chi connectivity index (χ1v) is 6.46. The fourth-order valence-corrected chi connectivity index (χ4v) is 2.54. The van der Waals surface area contributed by atoms with Crippen molar-refractivity contribution < 1.29 is 18.5 Å². The Kier molecular flexibility index (Phi) is 3.10. The van der Waals surface area contributed by atoms with Crippen LogP contribution in [0.15, 0.2) is 34.7 Å². The van der Waals surface area contributed by atoms with Crippen molar-refractivity contribution in [3.8, 4) is 0 Å². The van der Waals surface area contributed by atoms with Crippen LogP contribution in [0.5, 0.6) is 0 Å². The van der Waals surface area contributed by atoms with E-state index < -0.39 is 22.5 Å². The summed E-state index contributed by atoms with van der Waals surface area (Å²) in [5.41, 5.74) is 0.544. The van der Waals surface area contributed by atoms with Gasteiger partial charge in [0.25, 0.3) is 5.91 Å². The van der Waals surface area contributed by atoms with Crippen molar-refractivity contribution in [2.24, 2.45) is 0 Å². The number of benzene rings is 1. The lowest BCUT2D eigenvalue weighted by Crippen LogP contribution is -2.10. The van der Waals surface area contributed by atoms with Crippen molar-refractivity contribution >= 4 is 38.5 Å². The smallest absolute Gasteiger partial charge is 0.395 e. The van der Waals surface area contributed by atoms with E-state index in [4.69, 9.17) is 4.42 Å². The summed E-state index contributed by atoms with van der Waals surface area (Å²) in [5, 5.41) is 13.2. The number of thiazole rings is 1. The molecule has 0 spiro atoms. The molecule has 0 atom stereocenters. The Morgan fingerprint density at radius 2 is 2.19 bits per heavy atom. The standard InChI is InChI=1S/C12H6FN3O4S/c13-6-1-2-7-9(5-6)21-12(14-7)15-11(17)8-3-4-10(20-8)16(18)19/h1-5H,(H,14,15,17). The van der Waals surface area contributed by atoms with E-state index in [0.29, 0.717) is 10.2 Å². The Morgan fingerprint density at radius 3 is 2.90 bits per heavy atom. The molecular formula is C12H6FN3O4S. The zero-order chi connectivity index (χ0) is 15.0. The van der Waals surface area contributed by atoms with E-state index in [9.17, 15) is 19.3 Å². The second-order valence-corrected chi connectivity index (χ2v) is 5.01. The molecule has 0 fully saturated rings. The molecule has 7 nitrogen and oxygen atoms in total. The second kappa shape index (κ2) is 4.94. The summed E-state index contributed by atoms with van der Waals surface area (Å²) in [7, 11) is 0. The van der Waals surface area contributed by atoms with E-state index in [2.05, 4.69) is 10.3 Å². The third-order valence-corrected chi connectivity index (χ3v) is 3.50. The minimum absolute atomic E-state index is 0.202. The molecule has 2 aromatic heterocycles. The molecule has 0 bridgehead atoms. The number of nitrogens with zero attached hydrogens (tertiary/aromatic N) is 2. The van der Waals surface area contributed by atoms with Crippen molar-refractivity contribution in [3.63, 3.8) is 0 Å². The lowest BCUT2D eigenvalue weighted by Gasteiger charge is -1.96. The normalized spacial score (nSPS) is 10.7. The molecule has 3 rings (SSSR count). The van der Waals surface area contributed by atoms with Crippen LogP contribution in [0.3, 0.4) is 0 Å². The van der Waals surface area contributed by atoms with Gasteiger partial charge in [-0.15, -0.1) is 0 Å². The number of hydrogen-bond acceptors (Lipinski definition) is 6. The maximum Gasteiger partial charge on any atom is 0.433 e. The Morgan fingerprint density at radius 1 is 1.38 bits per heavy atom. The molecule has 0 radical (unpaired) electrons. The maximum absolute atomic E-state index is 13.1. The van der Waals surface area contributed by atoms with Gasteiger partial charge in [-0.3, -0.25) is 20.2 Å². The third-order valence-electron chi connectivity index (χ3n) is 2.57. The van der Waals surface area contributed by atoms with E-state index in [0.717, 1.165) is 17.4 Å². The molecule has 0 aliphatic heterocycles. The summed E-state index contributed by atoms with van der Waals surface area (Å²) in [4.78, 5) is 25.7. The lowest BCUT2D eigenvalue weighted by atomic mass is 10.3. The number of furan rings is 1. The highest BCUT2D eigenvalue weighted by atomic mass is 32.1. The van der Waals surface area contributed by atoms with Crippen LogP contribution in [0.1, 0.15) is 10.6 Å². The summed E-state index contributed by atoms with van der Waals surface area (Å²) < 4.78 is 18.4. The first kappa shape index (κ1) is 13.2. The van der Waals surface area contributed by atoms with Crippen molar-refractivity contribution in [2.75, 3.05) is 5.32 Å². The lowest BCUT2D eigenvalue weighted by molar-refractivity contribution is -0.402. The van der Waals surface area contributed by atoms with Crippen molar-refractivity contribution in [1.29, 1.82) is 0 Å². The fraction of sp³-hybridized carbons (Fsp3) is 0. The largest absolute Gasteiger partial charge is 0.433 e. The highest BCUT2D eigenvalue weighted by Crippen LogP contribution is 2.27. The Labute approximate surface area is 120 Å². The van der Waals surface area contributed by atoms with Crippen LogP contribution >= 0.6 is 11.3 Å². The SMILES string of the molecule is O=C(Nc1nc2ccc(F)cc2s1)c1ccc([N+](=O)[O-])o1. The van der Waals surface area contributed by atoms with Gasteiger partial charge in [-0.2, -0.15) is 0 Å². The minimum Gasteiger partial charge on any atom is -0.395 e. The van der Waals surface area contributed by atoms with Crippen molar-refractivity contribution in [1.82, 2.24) is 4.98 Å². The number of hydrogen-bond donors (Lipinski definition) is 1. The van der Waals surface area contributed by atoms with Gasteiger partial charge in [0.2, 0.25) is 0 Å². The van der Waals surface area contributed by atoms with Gasteiger partial charge >= 0.3 is 5.88 Å². The van der Waals surface area contributed by atoms with Crippen molar-refractivity contribution in [3.05, 3.63) is 52.0 Å². The molecule has 2 heterocycles. The predicted molar refractivity (Wildman–Crippen MR) is 72.9 cm³/mol. The van der Waals surface area contributed by atoms with Gasteiger partial charge in [0.1, 0.15) is 10.7 Å². The molecule has 1 amide bonds. The zero-order valence-electron chi connectivity index (χ0n) is 10.2. The van der Waals surface area contributed by atoms with E-state index >= 15 is 0 Å². The molecule has 1 aromatic carbocycles. The van der Waals surface area contributed by atoms with Crippen LogP contribution in [-0.2, 0) is 0 Å². The second-order valence-electron chi connectivity index (χ2n) is 3.98. The topological polar surface area (TPSA) is 98.3 Å². The van der Waals surface area contributed by atoms with Gasteiger partial charge in [0.15, 0.2) is 10.9 Å². The number of halogens is 1. The number of carbonyl (C=O) groups is 1. The van der Waals surface area contributed by atoms with Crippen LogP contribution in [-0.4, -0.2) is 15.8 Å². The zero-order valence-corrected chi connectivity index (χ0v) is 11.0. The molecule has 0 unspecified atom stereocenters. The van der Waals surface area contributed by atoms with E-state index in [1.807, 2.05) is 0 Å². The van der Waals surface area contributed by atoms with Gasteiger partial charge in [-0.25, -0.2) is 9.37 Å². The van der Waals surface area contributed by atoms with Crippen LogP contribution in [0.4, 0.5) is 15.4 Å². The molecule has 106 valence electrons. The van der Waals surface area contributed by atoms with Crippen LogP contribution in [0.2, 0.25) is 0 Å². The first-order chi connectivity index (χ1) is 10.0. The molecule has 9 heteroatoms. The molecule has 0 aliphatic carbocycles. The van der Waals surface area contributed by atoms with Crippen LogP contribution in [0.25, 0.3) is 10.2 Å². The number of aromatic nitrogens is 1. The summed E-state index contributed by atoms with van der Waals surface area (Å²) in [6.07, 6.45) is 0. The number of rotatable bonds is 3. The Bertz CT molecular complexity index is 857. The molecule has 21 heavy (non-hydrogen) atoms. The molecule has 3 aromatic rings.